The van der Waals surface area contributed by atoms with Gasteiger partial charge in [-0.2, -0.15) is 0 Å². The zero-order chi connectivity index (χ0) is 19.9. The number of ether oxygens (including phenoxy) is 2. The number of aryl methyl sites for hydroxylation is 1. The number of carbonyl (C=O) groups is 1. The number of rotatable bonds is 7. The number of carbonyl (C=O) groups excluding carboxylic acids is 1. The van der Waals surface area contributed by atoms with E-state index < -0.39 is 0 Å². The van der Waals surface area contributed by atoms with Gasteiger partial charge in [0.25, 0.3) is 5.91 Å². The molecule has 0 atom stereocenters. The van der Waals surface area contributed by atoms with Crippen molar-refractivity contribution in [3.05, 3.63) is 95.1 Å². The van der Waals surface area contributed by atoms with Gasteiger partial charge in [0, 0.05) is 19.2 Å². The van der Waals surface area contributed by atoms with E-state index in [2.05, 4.69) is 0 Å². The van der Waals surface area contributed by atoms with Crippen molar-refractivity contribution in [1.29, 1.82) is 0 Å². The molecule has 0 spiro atoms. The molecule has 0 aliphatic heterocycles. The first kappa shape index (κ1) is 19.5. The van der Waals surface area contributed by atoms with Gasteiger partial charge in [-0.05, 0) is 42.3 Å². The highest BCUT2D eigenvalue weighted by Gasteiger charge is 2.13. The van der Waals surface area contributed by atoms with E-state index in [4.69, 9.17) is 9.47 Å². The largest absolute Gasteiger partial charge is 0.493 e. The summed E-state index contributed by atoms with van der Waals surface area (Å²) in [5.74, 6) is 1.33. The maximum atomic E-state index is 12.6. The van der Waals surface area contributed by atoms with Crippen LogP contribution in [0.25, 0.3) is 0 Å². The summed E-state index contributed by atoms with van der Waals surface area (Å²) in [5, 5.41) is 0. The smallest absolute Gasteiger partial charge is 0.253 e. The van der Waals surface area contributed by atoms with Crippen LogP contribution in [-0.4, -0.2) is 25.0 Å². The molecule has 3 aromatic rings. The second-order valence-electron chi connectivity index (χ2n) is 6.79. The van der Waals surface area contributed by atoms with Crippen LogP contribution in [0.1, 0.15) is 27.0 Å². The van der Waals surface area contributed by atoms with Gasteiger partial charge < -0.3 is 14.4 Å². The first-order valence-electron chi connectivity index (χ1n) is 9.22. The first-order valence-corrected chi connectivity index (χ1v) is 9.22. The van der Waals surface area contributed by atoms with Crippen molar-refractivity contribution in [2.45, 2.75) is 20.1 Å². The van der Waals surface area contributed by atoms with Crippen LogP contribution in [0, 0.1) is 6.92 Å². The second-order valence-corrected chi connectivity index (χ2v) is 6.79. The molecular weight excluding hydrogens is 350 g/mol. The van der Waals surface area contributed by atoms with Gasteiger partial charge in [0.2, 0.25) is 0 Å². The molecule has 0 radical (unpaired) electrons. The Morgan fingerprint density at radius 1 is 0.893 bits per heavy atom. The van der Waals surface area contributed by atoms with Gasteiger partial charge in [0.05, 0.1) is 7.11 Å². The summed E-state index contributed by atoms with van der Waals surface area (Å²) in [4.78, 5) is 14.3. The summed E-state index contributed by atoms with van der Waals surface area (Å²) in [7, 11) is 3.42. The predicted molar refractivity (Wildman–Crippen MR) is 111 cm³/mol. The molecule has 0 aromatic heterocycles. The van der Waals surface area contributed by atoms with E-state index in [9.17, 15) is 4.79 Å². The molecule has 0 N–H and O–H groups in total. The van der Waals surface area contributed by atoms with E-state index in [0.29, 0.717) is 30.2 Å². The quantitative estimate of drug-likeness (QED) is 0.592. The SMILES string of the molecule is COc1cc(CN(C)C(=O)c2ccc(C)cc2)ccc1OCc1ccccc1. The Labute approximate surface area is 166 Å². The predicted octanol–water partition coefficient (Wildman–Crippen LogP) is 4.85. The zero-order valence-electron chi connectivity index (χ0n) is 16.5. The number of nitrogens with zero attached hydrogens (tertiary/aromatic N) is 1. The minimum atomic E-state index is -0.0108. The summed E-state index contributed by atoms with van der Waals surface area (Å²) in [6.07, 6.45) is 0. The lowest BCUT2D eigenvalue weighted by atomic mass is 10.1. The number of benzene rings is 3. The van der Waals surface area contributed by atoms with Crippen molar-refractivity contribution in [2.24, 2.45) is 0 Å². The summed E-state index contributed by atoms with van der Waals surface area (Å²) in [6, 6.07) is 23.4. The molecule has 3 aromatic carbocycles. The molecule has 0 aliphatic carbocycles. The Bertz CT molecular complexity index is 920. The molecule has 144 valence electrons. The van der Waals surface area contributed by atoms with Crippen LogP contribution in [0.5, 0.6) is 11.5 Å². The fourth-order valence-electron chi connectivity index (χ4n) is 2.93. The average Bonchev–Trinajstić information content (AvgIpc) is 2.73. The van der Waals surface area contributed by atoms with Crippen LogP contribution >= 0.6 is 0 Å². The Balaban J connectivity index is 1.67. The van der Waals surface area contributed by atoms with Gasteiger partial charge in [-0.25, -0.2) is 0 Å². The fourth-order valence-corrected chi connectivity index (χ4v) is 2.93. The molecular formula is C24H25NO3. The molecule has 0 unspecified atom stereocenters. The Hall–Kier alpha value is -3.27. The van der Waals surface area contributed by atoms with Gasteiger partial charge >= 0.3 is 0 Å². The molecule has 0 saturated carbocycles. The fraction of sp³-hybridized carbons (Fsp3) is 0.208. The molecule has 0 bridgehead atoms. The molecule has 3 rings (SSSR count). The van der Waals surface area contributed by atoms with Crippen molar-refractivity contribution in [1.82, 2.24) is 4.90 Å². The first-order chi connectivity index (χ1) is 13.6. The molecule has 4 heteroatoms. The van der Waals surface area contributed by atoms with E-state index >= 15 is 0 Å². The highest BCUT2D eigenvalue weighted by Crippen LogP contribution is 2.29. The standard InChI is InChI=1S/C24H25NO3/c1-18-9-12-21(13-10-18)24(26)25(2)16-20-11-14-22(23(15-20)27-3)28-17-19-7-5-4-6-8-19/h4-15H,16-17H2,1-3H3. The Morgan fingerprint density at radius 2 is 1.61 bits per heavy atom. The molecule has 4 nitrogen and oxygen atoms in total. The number of hydrogen-bond acceptors (Lipinski definition) is 3. The lowest BCUT2D eigenvalue weighted by Gasteiger charge is -2.19. The molecule has 0 aliphatic rings. The minimum Gasteiger partial charge on any atom is -0.493 e. The van der Waals surface area contributed by atoms with Crippen LogP contribution in [0.15, 0.2) is 72.8 Å². The maximum absolute atomic E-state index is 12.6. The lowest BCUT2D eigenvalue weighted by molar-refractivity contribution is 0.0785. The van der Waals surface area contributed by atoms with Crippen molar-refractivity contribution in [3.8, 4) is 11.5 Å². The van der Waals surface area contributed by atoms with E-state index in [1.165, 1.54) is 0 Å². The zero-order valence-corrected chi connectivity index (χ0v) is 16.5. The third-order valence-electron chi connectivity index (χ3n) is 4.53. The van der Waals surface area contributed by atoms with E-state index in [-0.39, 0.29) is 5.91 Å². The van der Waals surface area contributed by atoms with E-state index in [1.54, 1.807) is 19.1 Å². The summed E-state index contributed by atoms with van der Waals surface area (Å²) in [6.45, 7) is 2.97. The van der Waals surface area contributed by atoms with Crippen molar-refractivity contribution < 1.29 is 14.3 Å². The second kappa shape index (κ2) is 9.09. The summed E-state index contributed by atoms with van der Waals surface area (Å²) >= 11 is 0. The van der Waals surface area contributed by atoms with Crippen LogP contribution in [0.2, 0.25) is 0 Å². The summed E-state index contributed by atoms with van der Waals surface area (Å²) < 4.78 is 11.4. The third kappa shape index (κ3) is 4.92. The Kier molecular flexibility index (Phi) is 6.33. The highest BCUT2D eigenvalue weighted by molar-refractivity contribution is 5.94. The van der Waals surface area contributed by atoms with Gasteiger partial charge in [0.1, 0.15) is 6.61 Å². The topological polar surface area (TPSA) is 38.8 Å². The van der Waals surface area contributed by atoms with Crippen molar-refractivity contribution in [2.75, 3.05) is 14.2 Å². The van der Waals surface area contributed by atoms with Crippen molar-refractivity contribution in [3.63, 3.8) is 0 Å². The third-order valence-corrected chi connectivity index (χ3v) is 4.53. The van der Waals surface area contributed by atoms with Gasteiger partial charge in [0.15, 0.2) is 11.5 Å². The van der Waals surface area contributed by atoms with E-state index in [1.807, 2.05) is 79.7 Å². The lowest BCUT2D eigenvalue weighted by Crippen LogP contribution is -2.26. The van der Waals surface area contributed by atoms with Crippen LogP contribution in [0.4, 0.5) is 0 Å². The highest BCUT2D eigenvalue weighted by atomic mass is 16.5. The number of hydrogen-bond donors (Lipinski definition) is 0. The maximum Gasteiger partial charge on any atom is 0.253 e. The molecule has 0 saturated heterocycles. The molecule has 1 amide bonds. The number of methoxy groups -OCH3 is 1. The van der Waals surface area contributed by atoms with Crippen LogP contribution in [-0.2, 0) is 13.2 Å². The average molecular weight is 375 g/mol. The van der Waals surface area contributed by atoms with Crippen LogP contribution < -0.4 is 9.47 Å². The van der Waals surface area contributed by atoms with Gasteiger partial charge in [-0.1, -0.05) is 54.1 Å². The van der Waals surface area contributed by atoms with Gasteiger partial charge in [-0.15, -0.1) is 0 Å². The normalized spacial score (nSPS) is 10.4. The summed E-state index contributed by atoms with van der Waals surface area (Å²) in [5.41, 5.74) is 3.89. The van der Waals surface area contributed by atoms with E-state index in [0.717, 1.165) is 16.7 Å². The monoisotopic (exact) mass is 375 g/mol. The van der Waals surface area contributed by atoms with Crippen LogP contribution in [0.3, 0.4) is 0 Å². The van der Waals surface area contributed by atoms with Crippen molar-refractivity contribution >= 4 is 5.91 Å². The molecule has 0 heterocycles. The Morgan fingerprint density at radius 3 is 2.29 bits per heavy atom. The minimum absolute atomic E-state index is 0.0108. The molecule has 0 fully saturated rings. The van der Waals surface area contributed by atoms with Gasteiger partial charge in [-0.3, -0.25) is 4.79 Å². The number of amides is 1. The molecule has 28 heavy (non-hydrogen) atoms.